The third kappa shape index (κ3) is 6.59. The number of hydrogen-bond donors (Lipinski definition) is 2. The number of carbonyl (C=O) groups is 2. The lowest BCUT2D eigenvalue weighted by Gasteiger charge is -2.03. The van der Waals surface area contributed by atoms with Crippen LogP contribution >= 0.6 is 23.2 Å². The van der Waals surface area contributed by atoms with Crippen molar-refractivity contribution in [1.82, 2.24) is 10.6 Å². The quantitative estimate of drug-likeness (QED) is 0.626. The van der Waals surface area contributed by atoms with Crippen LogP contribution in [0.4, 0.5) is 0 Å². The summed E-state index contributed by atoms with van der Waals surface area (Å²) in [5.74, 6) is -0.285. The molecule has 0 aliphatic heterocycles. The van der Waals surface area contributed by atoms with Crippen molar-refractivity contribution in [3.63, 3.8) is 0 Å². The molecule has 0 atom stereocenters. The summed E-state index contributed by atoms with van der Waals surface area (Å²) in [5.41, 5.74) is 0.726. The average molecular weight is 315 g/mol. The molecule has 0 unspecified atom stereocenters. The van der Waals surface area contributed by atoms with Gasteiger partial charge in [-0.15, -0.1) is 0 Å². The van der Waals surface area contributed by atoms with Crippen LogP contribution in [0.5, 0.6) is 0 Å². The molecule has 0 saturated heterocycles. The number of halogens is 2. The molecule has 0 saturated carbocycles. The molecule has 0 spiro atoms. The van der Waals surface area contributed by atoms with E-state index < -0.39 is 0 Å². The summed E-state index contributed by atoms with van der Waals surface area (Å²) in [6.07, 6.45) is 3.72. The largest absolute Gasteiger partial charge is 0.356 e. The normalized spacial score (nSPS) is 10.6. The SMILES string of the molecule is CC(=O)NCCCNC(=O)/C=C/c1ccc(Cl)cc1Cl. The van der Waals surface area contributed by atoms with Crippen LogP contribution in [0.3, 0.4) is 0 Å². The number of carbonyl (C=O) groups excluding carboxylic acids is 2. The Morgan fingerprint density at radius 3 is 2.55 bits per heavy atom. The lowest BCUT2D eigenvalue weighted by molar-refractivity contribution is -0.119. The Balaban J connectivity index is 2.34. The van der Waals surface area contributed by atoms with E-state index >= 15 is 0 Å². The van der Waals surface area contributed by atoms with Gasteiger partial charge in [-0.2, -0.15) is 0 Å². The fraction of sp³-hybridized carbons (Fsp3) is 0.286. The third-order valence-electron chi connectivity index (χ3n) is 2.40. The van der Waals surface area contributed by atoms with Gasteiger partial charge in [0, 0.05) is 36.1 Å². The molecule has 0 fully saturated rings. The van der Waals surface area contributed by atoms with Crippen molar-refractivity contribution in [2.75, 3.05) is 13.1 Å². The van der Waals surface area contributed by atoms with Gasteiger partial charge in [-0.3, -0.25) is 9.59 Å². The van der Waals surface area contributed by atoms with Crippen LogP contribution in [-0.2, 0) is 9.59 Å². The summed E-state index contributed by atoms with van der Waals surface area (Å²) >= 11 is 11.8. The van der Waals surface area contributed by atoms with Gasteiger partial charge in [0.15, 0.2) is 0 Å². The van der Waals surface area contributed by atoms with Crippen LogP contribution in [-0.4, -0.2) is 24.9 Å². The third-order valence-corrected chi connectivity index (χ3v) is 2.97. The molecule has 1 aromatic carbocycles. The highest BCUT2D eigenvalue weighted by Gasteiger charge is 1.99. The fourth-order valence-corrected chi connectivity index (χ4v) is 1.90. The van der Waals surface area contributed by atoms with Crippen LogP contribution < -0.4 is 10.6 Å². The first-order chi connectivity index (χ1) is 9.49. The van der Waals surface area contributed by atoms with Gasteiger partial charge in [-0.05, 0) is 30.2 Å². The highest BCUT2D eigenvalue weighted by atomic mass is 35.5. The van der Waals surface area contributed by atoms with Gasteiger partial charge in [0.2, 0.25) is 11.8 Å². The second kappa shape index (κ2) is 8.61. The Morgan fingerprint density at radius 2 is 1.90 bits per heavy atom. The Morgan fingerprint density at radius 1 is 1.20 bits per heavy atom. The topological polar surface area (TPSA) is 58.2 Å². The van der Waals surface area contributed by atoms with Crippen molar-refractivity contribution in [3.8, 4) is 0 Å². The second-order valence-corrected chi connectivity index (χ2v) is 4.97. The number of hydrogen-bond acceptors (Lipinski definition) is 2. The van der Waals surface area contributed by atoms with Gasteiger partial charge in [0.25, 0.3) is 0 Å². The predicted octanol–water partition coefficient (Wildman–Crippen LogP) is 2.65. The van der Waals surface area contributed by atoms with E-state index in [4.69, 9.17) is 23.2 Å². The van der Waals surface area contributed by atoms with Crippen molar-refractivity contribution < 1.29 is 9.59 Å². The summed E-state index contributed by atoms with van der Waals surface area (Å²) < 4.78 is 0. The Bertz CT molecular complexity index is 516. The van der Waals surface area contributed by atoms with E-state index in [1.54, 1.807) is 24.3 Å². The molecule has 0 radical (unpaired) electrons. The molecule has 2 N–H and O–H groups in total. The molecule has 0 heterocycles. The lowest BCUT2D eigenvalue weighted by atomic mass is 10.2. The molecular formula is C14H16Cl2N2O2. The first-order valence-corrected chi connectivity index (χ1v) is 6.90. The van der Waals surface area contributed by atoms with Crippen LogP contribution in [0.15, 0.2) is 24.3 Å². The Kier molecular flexibility index (Phi) is 7.12. The second-order valence-electron chi connectivity index (χ2n) is 4.13. The summed E-state index contributed by atoms with van der Waals surface area (Å²) in [7, 11) is 0. The molecule has 4 nitrogen and oxygen atoms in total. The highest BCUT2D eigenvalue weighted by molar-refractivity contribution is 6.35. The zero-order valence-corrected chi connectivity index (χ0v) is 12.6. The molecule has 6 heteroatoms. The van der Waals surface area contributed by atoms with Gasteiger partial charge < -0.3 is 10.6 Å². The molecule has 1 rings (SSSR count). The van der Waals surface area contributed by atoms with Gasteiger partial charge in [-0.1, -0.05) is 29.3 Å². The summed E-state index contributed by atoms with van der Waals surface area (Å²) in [5, 5.41) is 6.41. The molecule has 0 aromatic heterocycles. The molecule has 108 valence electrons. The molecule has 0 aliphatic rings. The van der Waals surface area contributed by atoms with E-state index in [2.05, 4.69) is 10.6 Å². The van der Waals surface area contributed by atoms with E-state index in [0.29, 0.717) is 29.6 Å². The first-order valence-electron chi connectivity index (χ1n) is 6.14. The minimum atomic E-state index is -0.209. The number of nitrogens with one attached hydrogen (secondary N) is 2. The van der Waals surface area contributed by atoms with E-state index in [1.165, 1.54) is 13.0 Å². The molecule has 0 aliphatic carbocycles. The Labute approximate surface area is 128 Å². The maximum atomic E-state index is 11.5. The van der Waals surface area contributed by atoms with Gasteiger partial charge in [0.1, 0.15) is 0 Å². The average Bonchev–Trinajstić information content (AvgIpc) is 2.37. The molecular weight excluding hydrogens is 299 g/mol. The molecule has 2 amide bonds. The summed E-state index contributed by atoms with van der Waals surface area (Å²) in [6, 6.07) is 5.07. The van der Waals surface area contributed by atoms with E-state index in [9.17, 15) is 9.59 Å². The highest BCUT2D eigenvalue weighted by Crippen LogP contribution is 2.21. The number of amides is 2. The molecule has 20 heavy (non-hydrogen) atoms. The number of benzene rings is 1. The van der Waals surface area contributed by atoms with E-state index in [0.717, 1.165) is 5.56 Å². The zero-order chi connectivity index (χ0) is 15.0. The maximum Gasteiger partial charge on any atom is 0.244 e. The van der Waals surface area contributed by atoms with E-state index in [1.807, 2.05) is 0 Å². The minimum Gasteiger partial charge on any atom is -0.356 e. The van der Waals surface area contributed by atoms with Crippen molar-refractivity contribution in [2.45, 2.75) is 13.3 Å². The summed E-state index contributed by atoms with van der Waals surface area (Å²) in [6.45, 7) is 2.50. The van der Waals surface area contributed by atoms with Crippen LogP contribution in [0.1, 0.15) is 18.9 Å². The van der Waals surface area contributed by atoms with Crippen molar-refractivity contribution in [1.29, 1.82) is 0 Å². The van der Waals surface area contributed by atoms with Crippen molar-refractivity contribution in [2.24, 2.45) is 0 Å². The maximum absolute atomic E-state index is 11.5. The van der Waals surface area contributed by atoms with Crippen LogP contribution in [0.25, 0.3) is 6.08 Å². The summed E-state index contributed by atoms with van der Waals surface area (Å²) in [4.78, 5) is 22.2. The predicted molar refractivity (Wildman–Crippen MR) is 81.8 cm³/mol. The van der Waals surface area contributed by atoms with E-state index in [-0.39, 0.29) is 11.8 Å². The van der Waals surface area contributed by atoms with Gasteiger partial charge in [-0.25, -0.2) is 0 Å². The smallest absolute Gasteiger partial charge is 0.244 e. The fourth-order valence-electron chi connectivity index (χ4n) is 1.43. The minimum absolute atomic E-state index is 0.0754. The first kappa shape index (κ1) is 16.5. The van der Waals surface area contributed by atoms with Crippen molar-refractivity contribution >= 4 is 41.1 Å². The standard InChI is InChI=1S/C14H16Cl2N2O2/c1-10(19)17-7-2-8-18-14(20)6-4-11-3-5-12(15)9-13(11)16/h3-6,9H,2,7-8H2,1H3,(H,17,19)(H,18,20)/b6-4+. The Hall–Kier alpha value is -1.52. The molecule has 0 bridgehead atoms. The van der Waals surface area contributed by atoms with Crippen LogP contribution in [0, 0.1) is 0 Å². The zero-order valence-electron chi connectivity index (χ0n) is 11.1. The van der Waals surface area contributed by atoms with Gasteiger partial charge >= 0.3 is 0 Å². The number of rotatable bonds is 6. The van der Waals surface area contributed by atoms with Crippen molar-refractivity contribution in [3.05, 3.63) is 39.9 Å². The van der Waals surface area contributed by atoms with Gasteiger partial charge in [0.05, 0.1) is 0 Å². The lowest BCUT2D eigenvalue weighted by Crippen LogP contribution is -2.27. The molecule has 1 aromatic rings. The van der Waals surface area contributed by atoms with Crippen LogP contribution in [0.2, 0.25) is 10.0 Å². The monoisotopic (exact) mass is 314 g/mol.